The third-order valence-electron chi connectivity index (χ3n) is 9.64. The van der Waals surface area contributed by atoms with Gasteiger partial charge in [0.25, 0.3) is 0 Å². The number of fused-ring (bicyclic) bond motifs is 1. The Morgan fingerprint density at radius 1 is 0.794 bits per heavy atom. The van der Waals surface area contributed by atoms with Gasteiger partial charge in [0.05, 0.1) is 0 Å². The lowest BCUT2D eigenvalue weighted by atomic mass is 9.74. The number of nitrogens with two attached hydrogens (primary N) is 1. The van der Waals surface area contributed by atoms with Gasteiger partial charge in [-0.1, -0.05) is 69.6 Å². The molecule has 0 spiro atoms. The Morgan fingerprint density at radius 2 is 1.47 bits per heavy atom. The van der Waals surface area contributed by atoms with E-state index in [2.05, 4.69) is 35.0 Å². The molecule has 0 bridgehead atoms. The monoisotopic (exact) mass is 484 g/mol. The molecule has 34 heavy (non-hydrogen) atoms. The molecule has 1 aromatic carbocycles. The Balaban J connectivity index is 0.00000274. The number of hydrogen-bond donors (Lipinski definition) is 1. The minimum atomic E-state index is 0. The van der Waals surface area contributed by atoms with Crippen molar-refractivity contribution in [3.8, 4) is 0 Å². The molecule has 3 fully saturated rings. The predicted molar refractivity (Wildman–Crippen MR) is 149 cm³/mol. The minimum absolute atomic E-state index is 0. The van der Waals surface area contributed by atoms with Crippen LogP contribution >= 0.6 is 12.4 Å². The molecule has 0 radical (unpaired) electrons. The topological polar surface area (TPSA) is 30.9 Å². The molecular weight excluding hydrogens is 436 g/mol. The number of halogens is 1. The summed E-state index contributed by atoms with van der Waals surface area (Å²) in [5.74, 6) is 3.47. The van der Waals surface area contributed by atoms with E-state index in [9.17, 15) is 0 Å². The second-order valence-electron chi connectivity index (χ2n) is 12.0. The van der Waals surface area contributed by atoms with Crippen LogP contribution in [-0.4, -0.2) is 10.6 Å². The Morgan fingerprint density at radius 3 is 2.21 bits per heavy atom. The van der Waals surface area contributed by atoms with Crippen molar-refractivity contribution in [3.05, 3.63) is 36.0 Å². The summed E-state index contributed by atoms with van der Waals surface area (Å²) in [5, 5.41) is 1.56. The van der Waals surface area contributed by atoms with Crippen molar-refractivity contribution in [2.75, 3.05) is 0 Å². The van der Waals surface area contributed by atoms with E-state index < -0.39 is 0 Å². The van der Waals surface area contributed by atoms with Crippen LogP contribution in [0.2, 0.25) is 0 Å². The summed E-state index contributed by atoms with van der Waals surface area (Å²) in [6, 6.07) is 9.84. The molecule has 1 unspecified atom stereocenters. The first-order chi connectivity index (χ1) is 16.3. The maximum absolute atomic E-state index is 6.17. The van der Waals surface area contributed by atoms with Crippen molar-refractivity contribution in [3.63, 3.8) is 0 Å². The summed E-state index contributed by atoms with van der Waals surface area (Å²) < 4.78 is 2.67. The van der Waals surface area contributed by atoms with Crippen molar-refractivity contribution in [2.45, 2.75) is 128 Å². The molecule has 1 heterocycles. The van der Waals surface area contributed by atoms with Crippen LogP contribution in [0.4, 0.5) is 0 Å². The van der Waals surface area contributed by atoms with Crippen molar-refractivity contribution < 1.29 is 0 Å². The van der Waals surface area contributed by atoms with Crippen LogP contribution < -0.4 is 5.73 Å². The molecule has 2 aromatic rings. The van der Waals surface area contributed by atoms with Crippen LogP contribution in [-0.2, 0) is 6.54 Å². The van der Waals surface area contributed by atoms with Crippen LogP contribution in [0.1, 0.15) is 121 Å². The molecule has 5 rings (SSSR count). The third-order valence-corrected chi connectivity index (χ3v) is 9.64. The number of aromatic nitrogens is 1. The van der Waals surface area contributed by atoms with Gasteiger partial charge in [0.1, 0.15) is 0 Å². The highest BCUT2D eigenvalue weighted by molar-refractivity contribution is 5.85. The fourth-order valence-corrected chi connectivity index (χ4v) is 7.65. The second-order valence-corrected chi connectivity index (χ2v) is 12.0. The second kappa shape index (κ2) is 12.8. The van der Waals surface area contributed by atoms with Gasteiger partial charge in [-0.15, -0.1) is 12.4 Å². The molecule has 1 aromatic heterocycles. The number of para-hydroxylation sites is 1. The van der Waals surface area contributed by atoms with Crippen molar-refractivity contribution in [1.82, 2.24) is 4.57 Å². The van der Waals surface area contributed by atoms with Gasteiger partial charge >= 0.3 is 0 Å². The SMILES string of the molecule is Cl.NC1CCC(CCCC(c2cn(CC3CCCCC3)c3ccccc23)C2CCCCC2)CC1. The van der Waals surface area contributed by atoms with E-state index in [0.717, 1.165) is 23.7 Å². The molecule has 3 saturated carbocycles. The van der Waals surface area contributed by atoms with Crippen molar-refractivity contribution in [1.29, 1.82) is 0 Å². The fourth-order valence-electron chi connectivity index (χ4n) is 7.65. The van der Waals surface area contributed by atoms with E-state index in [0.29, 0.717) is 6.04 Å². The van der Waals surface area contributed by atoms with Gasteiger partial charge in [0.2, 0.25) is 0 Å². The van der Waals surface area contributed by atoms with Gasteiger partial charge < -0.3 is 10.3 Å². The molecule has 3 aliphatic rings. The summed E-state index contributed by atoms with van der Waals surface area (Å²) in [6.45, 7) is 1.24. The Kier molecular flexibility index (Phi) is 9.83. The minimum Gasteiger partial charge on any atom is -0.347 e. The van der Waals surface area contributed by atoms with Gasteiger partial charge in [-0.05, 0) is 93.1 Å². The Hall–Kier alpha value is -0.990. The zero-order chi connectivity index (χ0) is 22.5. The number of hydrogen-bond acceptors (Lipinski definition) is 1. The van der Waals surface area contributed by atoms with E-state index in [1.54, 1.807) is 10.9 Å². The molecule has 0 aliphatic heterocycles. The van der Waals surface area contributed by atoms with Crippen LogP contribution in [0.5, 0.6) is 0 Å². The standard InChI is InChI=1S/C31H48N2.ClH/c32-27-20-18-24(19-21-27)12-9-16-28(26-13-5-2-6-14-26)30-23-33(22-25-10-3-1-4-11-25)31-17-8-7-15-29(30)31;/h7-8,15,17,23-28H,1-6,9-14,16,18-22,32H2;1H. The Bertz CT molecular complexity index is 853. The van der Waals surface area contributed by atoms with E-state index >= 15 is 0 Å². The van der Waals surface area contributed by atoms with Gasteiger partial charge in [0, 0.05) is 29.7 Å². The third kappa shape index (κ3) is 6.41. The highest BCUT2D eigenvalue weighted by Gasteiger charge is 2.28. The smallest absolute Gasteiger partial charge is 0.0483 e. The molecule has 0 saturated heterocycles. The summed E-state index contributed by atoms with van der Waals surface area (Å²) >= 11 is 0. The van der Waals surface area contributed by atoms with Gasteiger partial charge in [-0.25, -0.2) is 0 Å². The lowest BCUT2D eigenvalue weighted by Gasteiger charge is -2.31. The predicted octanol–water partition coefficient (Wildman–Crippen LogP) is 9.00. The zero-order valence-electron chi connectivity index (χ0n) is 21.4. The van der Waals surface area contributed by atoms with E-state index in [-0.39, 0.29) is 12.4 Å². The van der Waals surface area contributed by atoms with Gasteiger partial charge in [0.15, 0.2) is 0 Å². The zero-order valence-corrected chi connectivity index (χ0v) is 22.3. The lowest BCUT2D eigenvalue weighted by Crippen LogP contribution is -2.26. The van der Waals surface area contributed by atoms with Crippen molar-refractivity contribution in [2.24, 2.45) is 23.5 Å². The van der Waals surface area contributed by atoms with Crippen LogP contribution in [0.15, 0.2) is 30.5 Å². The average molecular weight is 485 g/mol. The number of nitrogens with zero attached hydrogens (tertiary/aromatic N) is 1. The molecule has 2 N–H and O–H groups in total. The van der Waals surface area contributed by atoms with E-state index in [1.165, 1.54) is 121 Å². The lowest BCUT2D eigenvalue weighted by molar-refractivity contribution is 0.269. The average Bonchev–Trinajstić information content (AvgIpc) is 3.22. The van der Waals surface area contributed by atoms with Gasteiger partial charge in [-0.3, -0.25) is 0 Å². The normalized spacial score (nSPS) is 25.8. The van der Waals surface area contributed by atoms with E-state index in [4.69, 9.17) is 5.73 Å². The maximum Gasteiger partial charge on any atom is 0.0483 e. The largest absolute Gasteiger partial charge is 0.347 e. The van der Waals surface area contributed by atoms with Crippen LogP contribution in [0, 0.1) is 17.8 Å². The molecule has 0 amide bonds. The maximum atomic E-state index is 6.17. The summed E-state index contributed by atoms with van der Waals surface area (Å²) in [4.78, 5) is 0. The fraction of sp³-hybridized carbons (Fsp3) is 0.742. The molecule has 3 aliphatic carbocycles. The van der Waals surface area contributed by atoms with Gasteiger partial charge in [-0.2, -0.15) is 0 Å². The molecule has 190 valence electrons. The molecule has 3 heteroatoms. The first kappa shape index (κ1) is 26.1. The van der Waals surface area contributed by atoms with E-state index in [1.807, 2.05) is 0 Å². The highest BCUT2D eigenvalue weighted by atomic mass is 35.5. The summed E-state index contributed by atoms with van der Waals surface area (Å²) in [7, 11) is 0. The first-order valence-corrected chi connectivity index (χ1v) is 14.6. The molecule has 1 atom stereocenters. The van der Waals surface area contributed by atoms with Crippen LogP contribution in [0.3, 0.4) is 0 Å². The van der Waals surface area contributed by atoms with Crippen LogP contribution in [0.25, 0.3) is 10.9 Å². The first-order valence-electron chi connectivity index (χ1n) is 14.6. The molecular formula is C31H49ClN2. The number of rotatable bonds is 8. The highest BCUT2D eigenvalue weighted by Crippen LogP contribution is 2.43. The molecule has 2 nitrogen and oxygen atoms in total. The summed E-state index contributed by atoms with van der Waals surface area (Å²) in [5.41, 5.74) is 9.36. The Labute approximate surface area is 214 Å². The quantitative estimate of drug-likeness (QED) is 0.398. The van der Waals surface area contributed by atoms with Crippen molar-refractivity contribution >= 4 is 23.3 Å². The summed E-state index contributed by atoms with van der Waals surface area (Å²) in [6.07, 6.45) is 26.5. The number of benzene rings is 1.